The van der Waals surface area contributed by atoms with E-state index in [0.717, 1.165) is 18.9 Å². The monoisotopic (exact) mass is 195 g/mol. The molecule has 0 spiro atoms. The highest BCUT2D eigenvalue weighted by Crippen LogP contribution is 2.13. The molecule has 82 valence electrons. The summed E-state index contributed by atoms with van der Waals surface area (Å²) in [6.45, 7) is 9.82. The van der Waals surface area contributed by atoms with Gasteiger partial charge in [-0.2, -0.15) is 0 Å². The normalized spacial score (nSPS) is 14.3. The first kappa shape index (κ1) is 13.5. The van der Waals surface area contributed by atoms with Crippen molar-refractivity contribution in [1.82, 2.24) is 5.32 Å². The Hall–Kier alpha value is -0.480. The van der Waals surface area contributed by atoms with Crippen LogP contribution in [0.15, 0.2) is 0 Å². The lowest BCUT2D eigenvalue weighted by Gasteiger charge is -2.23. The van der Waals surface area contributed by atoms with Gasteiger partial charge in [-0.05, 0) is 32.2 Å². The van der Waals surface area contributed by atoms with Crippen LogP contribution in [0.3, 0.4) is 0 Å². The van der Waals surface area contributed by atoms with Crippen molar-refractivity contribution in [1.29, 1.82) is 0 Å². The second-order valence-electron chi connectivity index (χ2n) is 3.96. The van der Waals surface area contributed by atoms with E-state index in [2.05, 4.69) is 37.9 Å². The largest absolute Gasteiger partial charge is 0.313 e. The highest BCUT2D eigenvalue weighted by molar-refractivity contribution is 4.99. The standard InChI is InChI=1S/C13H25N/c1-5-8-10-13(14-11-7-3)12(4)9-6-2/h12-14H,6-7,9-11H2,1-4H3. The summed E-state index contributed by atoms with van der Waals surface area (Å²) >= 11 is 0. The molecule has 0 aliphatic carbocycles. The highest BCUT2D eigenvalue weighted by Gasteiger charge is 2.13. The quantitative estimate of drug-likeness (QED) is 0.615. The molecule has 0 aromatic carbocycles. The van der Waals surface area contributed by atoms with Crippen molar-refractivity contribution in [3.8, 4) is 11.8 Å². The Morgan fingerprint density at radius 2 is 1.93 bits per heavy atom. The van der Waals surface area contributed by atoms with Gasteiger partial charge in [-0.3, -0.25) is 0 Å². The molecule has 0 amide bonds. The van der Waals surface area contributed by atoms with Gasteiger partial charge in [-0.1, -0.05) is 27.2 Å². The van der Waals surface area contributed by atoms with Gasteiger partial charge in [0.05, 0.1) is 0 Å². The molecule has 0 bridgehead atoms. The van der Waals surface area contributed by atoms with Crippen LogP contribution >= 0.6 is 0 Å². The maximum atomic E-state index is 3.59. The summed E-state index contributed by atoms with van der Waals surface area (Å²) < 4.78 is 0. The minimum atomic E-state index is 0.586. The molecular formula is C13H25N. The minimum Gasteiger partial charge on any atom is -0.313 e. The molecular weight excluding hydrogens is 170 g/mol. The predicted octanol–water partition coefficient (Wildman–Crippen LogP) is 3.20. The van der Waals surface area contributed by atoms with E-state index in [-0.39, 0.29) is 0 Å². The fourth-order valence-corrected chi connectivity index (χ4v) is 1.67. The van der Waals surface area contributed by atoms with Crippen molar-refractivity contribution >= 4 is 0 Å². The molecule has 0 aliphatic rings. The van der Waals surface area contributed by atoms with Crippen molar-refractivity contribution in [3.63, 3.8) is 0 Å². The third-order valence-corrected chi connectivity index (χ3v) is 2.59. The van der Waals surface area contributed by atoms with Gasteiger partial charge < -0.3 is 5.32 Å². The lowest BCUT2D eigenvalue weighted by atomic mass is 9.94. The second-order valence-corrected chi connectivity index (χ2v) is 3.96. The summed E-state index contributed by atoms with van der Waals surface area (Å²) in [7, 11) is 0. The van der Waals surface area contributed by atoms with Crippen LogP contribution in [0.25, 0.3) is 0 Å². The van der Waals surface area contributed by atoms with Crippen molar-refractivity contribution in [2.75, 3.05) is 6.54 Å². The number of hydrogen-bond acceptors (Lipinski definition) is 1. The summed E-state index contributed by atoms with van der Waals surface area (Å²) in [5, 5.41) is 3.59. The number of rotatable bonds is 7. The topological polar surface area (TPSA) is 12.0 Å². The van der Waals surface area contributed by atoms with Gasteiger partial charge in [0.15, 0.2) is 0 Å². The van der Waals surface area contributed by atoms with E-state index in [1.54, 1.807) is 0 Å². The molecule has 0 rings (SSSR count). The first-order chi connectivity index (χ1) is 6.76. The molecule has 0 aliphatic heterocycles. The first-order valence-electron chi connectivity index (χ1n) is 5.89. The smallest absolute Gasteiger partial charge is 0.0245 e. The first-order valence-corrected chi connectivity index (χ1v) is 5.89. The van der Waals surface area contributed by atoms with Gasteiger partial charge in [-0.15, -0.1) is 11.8 Å². The zero-order valence-corrected chi connectivity index (χ0v) is 10.2. The fourth-order valence-electron chi connectivity index (χ4n) is 1.67. The Bertz CT molecular complexity index is 175. The van der Waals surface area contributed by atoms with Crippen LogP contribution in [0, 0.1) is 17.8 Å². The maximum absolute atomic E-state index is 3.59. The molecule has 2 atom stereocenters. The molecule has 1 heteroatoms. The van der Waals surface area contributed by atoms with Crippen LogP contribution in [0.5, 0.6) is 0 Å². The molecule has 0 fully saturated rings. The molecule has 1 N–H and O–H groups in total. The van der Waals surface area contributed by atoms with Crippen molar-refractivity contribution in [2.24, 2.45) is 5.92 Å². The Labute approximate surface area is 89.7 Å². The summed E-state index contributed by atoms with van der Waals surface area (Å²) in [6, 6.07) is 0.586. The summed E-state index contributed by atoms with van der Waals surface area (Å²) in [5.74, 6) is 6.91. The molecule has 0 aromatic heterocycles. The molecule has 0 aromatic rings. The third kappa shape index (κ3) is 6.05. The van der Waals surface area contributed by atoms with Crippen molar-refractivity contribution < 1.29 is 0 Å². The molecule has 14 heavy (non-hydrogen) atoms. The minimum absolute atomic E-state index is 0.586. The average Bonchev–Trinajstić information content (AvgIpc) is 2.18. The predicted molar refractivity (Wildman–Crippen MR) is 64.2 cm³/mol. The summed E-state index contributed by atoms with van der Waals surface area (Å²) in [6.07, 6.45) is 4.77. The molecule has 0 saturated carbocycles. The van der Waals surface area contributed by atoms with E-state index in [1.807, 2.05) is 6.92 Å². The molecule has 0 heterocycles. The van der Waals surface area contributed by atoms with Crippen molar-refractivity contribution in [2.45, 2.75) is 59.4 Å². The third-order valence-electron chi connectivity index (χ3n) is 2.59. The summed E-state index contributed by atoms with van der Waals surface area (Å²) in [5.41, 5.74) is 0. The van der Waals surface area contributed by atoms with E-state index in [1.165, 1.54) is 19.3 Å². The van der Waals surface area contributed by atoms with Gasteiger partial charge in [0, 0.05) is 12.5 Å². The average molecular weight is 195 g/mol. The lowest BCUT2D eigenvalue weighted by Crippen LogP contribution is -2.35. The zero-order valence-electron chi connectivity index (χ0n) is 10.2. The maximum Gasteiger partial charge on any atom is 0.0245 e. The highest BCUT2D eigenvalue weighted by atomic mass is 14.9. The van der Waals surface area contributed by atoms with E-state index in [9.17, 15) is 0 Å². The Morgan fingerprint density at radius 1 is 1.21 bits per heavy atom. The van der Waals surface area contributed by atoms with Gasteiger partial charge in [0.2, 0.25) is 0 Å². The van der Waals surface area contributed by atoms with Gasteiger partial charge >= 0.3 is 0 Å². The Morgan fingerprint density at radius 3 is 2.43 bits per heavy atom. The summed E-state index contributed by atoms with van der Waals surface area (Å²) in [4.78, 5) is 0. The van der Waals surface area contributed by atoms with Gasteiger partial charge in [0.25, 0.3) is 0 Å². The molecule has 0 saturated heterocycles. The van der Waals surface area contributed by atoms with E-state index in [4.69, 9.17) is 0 Å². The van der Waals surface area contributed by atoms with Crippen LogP contribution in [0.1, 0.15) is 53.4 Å². The van der Waals surface area contributed by atoms with Crippen LogP contribution in [0.4, 0.5) is 0 Å². The fraction of sp³-hybridized carbons (Fsp3) is 0.846. The lowest BCUT2D eigenvalue weighted by molar-refractivity contribution is 0.359. The molecule has 2 unspecified atom stereocenters. The van der Waals surface area contributed by atoms with Crippen LogP contribution in [-0.4, -0.2) is 12.6 Å². The van der Waals surface area contributed by atoms with Crippen LogP contribution < -0.4 is 5.32 Å². The van der Waals surface area contributed by atoms with E-state index < -0.39 is 0 Å². The van der Waals surface area contributed by atoms with Crippen LogP contribution in [0.2, 0.25) is 0 Å². The van der Waals surface area contributed by atoms with E-state index in [0.29, 0.717) is 6.04 Å². The molecule has 0 radical (unpaired) electrons. The Kier molecular flexibility index (Phi) is 8.78. The SMILES string of the molecule is CC#CCC(NCCC)C(C)CCC. The van der Waals surface area contributed by atoms with Crippen LogP contribution in [-0.2, 0) is 0 Å². The van der Waals surface area contributed by atoms with Crippen molar-refractivity contribution in [3.05, 3.63) is 0 Å². The number of nitrogens with one attached hydrogen (secondary N) is 1. The second kappa shape index (κ2) is 9.09. The van der Waals surface area contributed by atoms with E-state index >= 15 is 0 Å². The van der Waals surface area contributed by atoms with Gasteiger partial charge in [-0.25, -0.2) is 0 Å². The van der Waals surface area contributed by atoms with Gasteiger partial charge in [0.1, 0.15) is 0 Å². The molecule has 1 nitrogen and oxygen atoms in total. The number of hydrogen-bond donors (Lipinski definition) is 1. The Balaban J connectivity index is 3.98. The zero-order chi connectivity index (χ0) is 10.8.